The van der Waals surface area contributed by atoms with Gasteiger partial charge in [0.1, 0.15) is 5.75 Å². The minimum Gasteiger partial charge on any atom is -0.508 e. The molecule has 0 aromatic heterocycles. The van der Waals surface area contributed by atoms with Crippen molar-refractivity contribution in [1.82, 2.24) is 5.32 Å². The number of hydrogen-bond donors (Lipinski definition) is 2. The second-order valence-corrected chi connectivity index (χ2v) is 4.43. The van der Waals surface area contributed by atoms with E-state index in [4.69, 9.17) is 0 Å². The lowest BCUT2D eigenvalue weighted by molar-refractivity contribution is 0.399. The van der Waals surface area contributed by atoms with Crippen LogP contribution in [0.25, 0.3) is 0 Å². The fourth-order valence-corrected chi connectivity index (χ4v) is 2.86. The van der Waals surface area contributed by atoms with Gasteiger partial charge >= 0.3 is 0 Å². The number of rotatable bonds is 0. The number of fused-ring (bicyclic) bond motifs is 2. The molecule has 2 heteroatoms. The Bertz CT molecular complexity index is 361. The van der Waals surface area contributed by atoms with Gasteiger partial charge in [0.15, 0.2) is 0 Å². The normalized spacial score (nSPS) is 29.7. The highest BCUT2D eigenvalue weighted by Crippen LogP contribution is 2.34. The lowest BCUT2D eigenvalue weighted by Gasteiger charge is -2.27. The quantitative estimate of drug-likeness (QED) is 0.647. The Balaban J connectivity index is 2.01. The fourth-order valence-electron chi connectivity index (χ4n) is 2.86. The first kappa shape index (κ1) is 8.30. The summed E-state index contributed by atoms with van der Waals surface area (Å²) in [5.74, 6) is 1.28. The third kappa shape index (κ3) is 1.14. The summed E-state index contributed by atoms with van der Waals surface area (Å²) >= 11 is 0. The molecule has 1 fully saturated rings. The zero-order valence-electron chi connectivity index (χ0n) is 8.16. The molecule has 0 unspecified atom stereocenters. The monoisotopic (exact) mass is 189 g/mol. The van der Waals surface area contributed by atoms with Crippen molar-refractivity contribution in [3.8, 4) is 5.75 Å². The van der Waals surface area contributed by atoms with Gasteiger partial charge in [-0.05, 0) is 48.9 Å². The van der Waals surface area contributed by atoms with Gasteiger partial charge in [0, 0.05) is 6.04 Å². The summed E-state index contributed by atoms with van der Waals surface area (Å²) in [5, 5.41) is 13.3. The molecule has 1 aromatic carbocycles. The Hall–Kier alpha value is -1.02. The first-order chi connectivity index (χ1) is 6.84. The van der Waals surface area contributed by atoms with Crippen molar-refractivity contribution in [2.24, 2.45) is 5.92 Å². The minimum absolute atomic E-state index is 0.481. The molecule has 1 saturated heterocycles. The van der Waals surface area contributed by atoms with E-state index in [1.807, 2.05) is 6.07 Å². The SMILES string of the molecule is Oc1cccc2c1C[C@@H]1NCC[C@@H]1C2. The third-order valence-corrected chi connectivity index (χ3v) is 3.65. The van der Waals surface area contributed by atoms with Gasteiger partial charge in [0.2, 0.25) is 0 Å². The van der Waals surface area contributed by atoms with Gasteiger partial charge in [0.05, 0.1) is 0 Å². The van der Waals surface area contributed by atoms with Crippen LogP contribution >= 0.6 is 0 Å². The van der Waals surface area contributed by atoms with Crippen molar-refractivity contribution < 1.29 is 5.11 Å². The lowest BCUT2D eigenvalue weighted by atomic mass is 9.80. The van der Waals surface area contributed by atoms with Crippen LogP contribution in [0.4, 0.5) is 0 Å². The molecule has 14 heavy (non-hydrogen) atoms. The van der Waals surface area contributed by atoms with Crippen LogP contribution in [0.5, 0.6) is 5.75 Å². The van der Waals surface area contributed by atoms with Crippen LogP contribution in [0.1, 0.15) is 17.5 Å². The summed E-state index contributed by atoms with van der Waals surface area (Å²) < 4.78 is 0. The highest BCUT2D eigenvalue weighted by molar-refractivity contribution is 5.42. The summed E-state index contributed by atoms with van der Waals surface area (Å²) in [5.41, 5.74) is 2.53. The average molecular weight is 189 g/mol. The Morgan fingerprint density at radius 1 is 1.29 bits per heavy atom. The Labute approximate surface area is 84.0 Å². The molecule has 3 rings (SSSR count). The summed E-state index contributed by atoms with van der Waals surface area (Å²) in [7, 11) is 0. The summed E-state index contributed by atoms with van der Waals surface area (Å²) in [6.07, 6.45) is 3.44. The molecule has 2 atom stereocenters. The molecule has 2 aliphatic rings. The molecule has 0 bridgehead atoms. The minimum atomic E-state index is 0.481. The lowest BCUT2D eigenvalue weighted by Crippen LogP contribution is -2.34. The van der Waals surface area contributed by atoms with Crippen LogP contribution in [0.15, 0.2) is 18.2 Å². The second kappa shape index (κ2) is 2.99. The first-order valence-electron chi connectivity index (χ1n) is 5.38. The Kier molecular flexibility index (Phi) is 1.77. The fraction of sp³-hybridized carbons (Fsp3) is 0.500. The van der Waals surface area contributed by atoms with E-state index in [0.29, 0.717) is 11.8 Å². The van der Waals surface area contributed by atoms with E-state index in [1.165, 1.54) is 17.5 Å². The maximum atomic E-state index is 9.75. The van der Waals surface area contributed by atoms with Gasteiger partial charge in [-0.15, -0.1) is 0 Å². The zero-order chi connectivity index (χ0) is 9.54. The van der Waals surface area contributed by atoms with Crippen LogP contribution in [0.3, 0.4) is 0 Å². The van der Waals surface area contributed by atoms with Crippen molar-refractivity contribution in [2.45, 2.75) is 25.3 Å². The summed E-state index contributed by atoms with van der Waals surface area (Å²) in [4.78, 5) is 0. The molecule has 2 nitrogen and oxygen atoms in total. The van der Waals surface area contributed by atoms with Crippen LogP contribution in [0, 0.1) is 5.92 Å². The van der Waals surface area contributed by atoms with Gasteiger partial charge in [-0.3, -0.25) is 0 Å². The van der Waals surface area contributed by atoms with E-state index in [0.717, 1.165) is 25.3 Å². The smallest absolute Gasteiger partial charge is 0.119 e. The van der Waals surface area contributed by atoms with Crippen molar-refractivity contribution in [3.63, 3.8) is 0 Å². The number of phenolic OH excluding ortho intramolecular Hbond substituents is 1. The van der Waals surface area contributed by atoms with E-state index in [1.54, 1.807) is 6.07 Å². The number of aromatic hydroxyl groups is 1. The van der Waals surface area contributed by atoms with Gasteiger partial charge in [-0.25, -0.2) is 0 Å². The molecule has 2 N–H and O–H groups in total. The van der Waals surface area contributed by atoms with E-state index in [9.17, 15) is 5.11 Å². The Morgan fingerprint density at radius 2 is 2.21 bits per heavy atom. The average Bonchev–Trinajstić information content (AvgIpc) is 2.62. The molecule has 0 radical (unpaired) electrons. The number of hydrogen-bond acceptors (Lipinski definition) is 2. The van der Waals surface area contributed by atoms with E-state index < -0.39 is 0 Å². The number of nitrogens with one attached hydrogen (secondary N) is 1. The van der Waals surface area contributed by atoms with Crippen LogP contribution in [-0.4, -0.2) is 17.7 Å². The van der Waals surface area contributed by atoms with Gasteiger partial charge in [-0.2, -0.15) is 0 Å². The molecular weight excluding hydrogens is 174 g/mol. The van der Waals surface area contributed by atoms with Crippen molar-refractivity contribution in [1.29, 1.82) is 0 Å². The predicted molar refractivity (Wildman–Crippen MR) is 55.4 cm³/mol. The molecule has 1 heterocycles. The van der Waals surface area contributed by atoms with Crippen LogP contribution < -0.4 is 5.32 Å². The largest absolute Gasteiger partial charge is 0.508 e. The maximum Gasteiger partial charge on any atom is 0.119 e. The molecular formula is C12H15NO. The molecule has 1 aliphatic heterocycles. The van der Waals surface area contributed by atoms with E-state index >= 15 is 0 Å². The predicted octanol–water partition coefficient (Wildman–Crippen LogP) is 1.47. The highest BCUT2D eigenvalue weighted by atomic mass is 16.3. The first-order valence-corrected chi connectivity index (χ1v) is 5.38. The summed E-state index contributed by atoms with van der Waals surface area (Å²) in [6, 6.07) is 6.52. The van der Waals surface area contributed by atoms with Crippen molar-refractivity contribution in [2.75, 3.05) is 6.54 Å². The Morgan fingerprint density at radius 3 is 3.14 bits per heavy atom. The topological polar surface area (TPSA) is 32.3 Å². The maximum absolute atomic E-state index is 9.75. The standard InChI is InChI=1S/C12H15NO/c14-12-3-1-2-8-6-9-4-5-13-11(9)7-10(8)12/h1-3,9,11,13-14H,4-7H2/t9-,11+/m1/s1. The van der Waals surface area contributed by atoms with E-state index in [-0.39, 0.29) is 0 Å². The molecule has 0 saturated carbocycles. The molecule has 74 valence electrons. The highest BCUT2D eigenvalue weighted by Gasteiger charge is 2.32. The van der Waals surface area contributed by atoms with Crippen molar-refractivity contribution in [3.05, 3.63) is 29.3 Å². The number of benzene rings is 1. The molecule has 1 aliphatic carbocycles. The third-order valence-electron chi connectivity index (χ3n) is 3.65. The molecule has 0 spiro atoms. The van der Waals surface area contributed by atoms with Crippen LogP contribution in [-0.2, 0) is 12.8 Å². The van der Waals surface area contributed by atoms with Gasteiger partial charge < -0.3 is 10.4 Å². The van der Waals surface area contributed by atoms with Gasteiger partial charge in [-0.1, -0.05) is 12.1 Å². The van der Waals surface area contributed by atoms with Gasteiger partial charge in [0.25, 0.3) is 0 Å². The molecule has 1 aromatic rings. The zero-order valence-corrected chi connectivity index (χ0v) is 8.16. The van der Waals surface area contributed by atoms with E-state index in [2.05, 4.69) is 11.4 Å². The van der Waals surface area contributed by atoms with Crippen molar-refractivity contribution >= 4 is 0 Å². The van der Waals surface area contributed by atoms with Crippen LogP contribution in [0.2, 0.25) is 0 Å². The number of phenols is 1. The molecule has 0 amide bonds. The second-order valence-electron chi connectivity index (χ2n) is 4.43. The summed E-state index contributed by atoms with van der Waals surface area (Å²) in [6.45, 7) is 1.14.